The molecule has 0 amide bonds. The average Bonchev–Trinajstić information content (AvgIpc) is 2.18. The van der Waals surface area contributed by atoms with Gasteiger partial charge in [0.25, 0.3) is 0 Å². The minimum Gasteiger partial charge on any atom is -0.384 e. The van der Waals surface area contributed by atoms with Crippen LogP contribution in [-0.2, 0) is 10.2 Å². The van der Waals surface area contributed by atoms with E-state index in [0.29, 0.717) is 0 Å². The number of likely N-dealkylation sites (N-methyl/N-ethyl adjacent to an activating group) is 1. The van der Waals surface area contributed by atoms with Gasteiger partial charge < -0.3 is 9.64 Å². The first-order chi connectivity index (χ1) is 7.08. The van der Waals surface area contributed by atoms with Crippen LogP contribution in [0.25, 0.3) is 0 Å². The van der Waals surface area contributed by atoms with E-state index >= 15 is 0 Å². The van der Waals surface area contributed by atoms with E-state index in [9.17, 15) is 0 Å². The monoisotopic (exact) mass is 207 g/mol. The Hall–Kier alpha value is -0.860. The highest BCUT2D eigenvalue weighted by Gasteiger charge is 2.27. The maximum absolute atomic E-state index is 5.34. The van der Waals surface area contributed by atoms with Crippen LogP contribution < -0.4 is 0 Å². The zero-order valence-electron chi connectivity index (χ0n) is 10.2. The van der Waals surface area contributed by atoms with Crippen molar-refractivity contribution in [1.82, 2.24) is 4.90 Å². The molecule has 0 N–H and O–H groups in total. The lowest BCUT2D eigenvalue weighted by Crippen LogP contribution is -2.38. The van der Waals surface area contributed by atoms with Gasteiger partial charge in [-0.3, -0.25) is 0 Å². The number of rotatable bonds is 5. The molecule has 0 radical (unpaired) electrons. The van der Waals surface area contributed by atoms with Crippen LogP contribution in [0, 0.1) is 0 Å². The predicted octanol–water partition coefficient (Wildman–Crippen LogP) is 2.15. The lowest BCUT2D eigenvalue weighted by molar-refractivity contribution is 0.119. The molecule has 1 atom stereocenters. The van der Waals surface area contributed by atoms with Crippen molar-refractivity contribution >= 4 is 0 Å². The van der Waals surface area contributed by atoms with E-state index in [1.54, 1.807) is 7.11 Å². The van der Waals surface area contributed by atoms with Gasteiger partial charge in [-0.2, -0.15) is 0 Å². The fraction of sp³-hybridized carbons (Fsp3) is 0.538. The summed E-state index contributed by atoms with van der Waals surface area (Å²) < 4.78 is 5.34. The van der Waals surface area contributed by atoms with Crippen molar-refractivity contribution in [3.05, 3.63) is 35.9 Å². The topological polar surface area (TPSA) is 12.5 Å². The van der Waals surface area contributed by atoms with Crippen LogP contribution >= 0.6 is 0 Å². The molecule has 2 heteroatoms. The molecule has 0 aliphatic heterocycles. The van der Waals surface area contributed by atoms with Gasteiger partial charge in [-0.1, -0.05) is 37.3 Å². The summed E-state index contributed by atoms with van der Waals surface area (Å²) in [6, 6.07) is 10.6. The van der Waals surface area contributed by atoms with Crippen LogP contribution in [0.3, 0.4) is 0 Å². The van der Waals surface area contributed by atoms with E-state index in [-0.39, 0.29) is 5.41 Å². The van der Waals surface area contributed by atoms with Crippen LogP contribution in [0.5, 0.6) is 0 Å². The van der Waals surface area contributed by atoms with E-state index in [4.69, 9.17) is 4.74 Å². The van der Waals surface area contributed by atoms with E-state index in [0.717, 1.165) is 13.2 Å². The van der Waals surface area contributed by atoms with Gasteiger partial charge in [0.05, 0.1) is 6.61 Å². The summed E-state index contributed by atoms with van der Waals surface area (Å²) in [6.07, 6.45) is 0. The first-order valence-electron chi connectivity index (χ1n) is 5.28. The van der Waals surface area contributed by atoms with Gasteiger partial charge in [0.1, 0.15) is 0 Å². The number of benzene rings is 1. The lowest BCUT2D eigenvalue weighted by Gasteiger charge is -2.32. The van der Waals surface area contributed by atoms with Gasteiger partial charge in [-0.15, -0.1) is 0 Å². The maximum Gasteiger partial charge on any atom is 0.0568 e. The molecule has 15 heavy (non-hydrogen) atoms. The highest BCUT2D eigenvalue weighted by molar-refractivity contribution is 5.25. The molecule has 0 aliphatic rings. The zero-order chi connectivity index (χ0) is 11.3. The molecule has 2 nitrogen and oxygen atoms in total. The average molecular weight is 207 g/mol. The Morgan fingerprint density at radius 2 is 1.80 bits per heavy atom. The Morgan fingerprint density at radius 3 is 2.27 bits per heavy atom. The molecule has 1 aromatic carbocycles. The Labute approximate surface area is 92.9 Å². The minimum absolute atomic E-state index is 0.0690. The molecular weight excluding hydrogens is 186 g/mol. The molecule has 0 aromatic heterocycles. The Bertz CT molecular complexity index is 284. The van der Waals surface area contributed by atoms with Crippen LogP contribution in [0.2, 0.25) is 0 Å². The van der Waals surface area contributed by atoms with Crippen molar-refractivity contribution in [1.29, 1.82) is 0 Å². The quantitative estimate of drug-likeness (QED) is 0.733. The highest BCUT2D eigenvalue weighted by Crippen LogP contribution is 2.24. The van der Waals surface area contributed by atoms with E-state index in [2.05, 4.69) is 50.2 Å². The molecule has 0 saturated carbocycles. The molecule has 0 aliphatic carbocycles. The second-order valence-corrected chi connectivity index (χ2v) is 4.60. The third-order valence-electron chi connectivity index (χ3n) is 2.60. The summed E-state index contributed by atoms with van der Waals surface area (Å²) in [5.74, 6) is 0. The summed E-state index contributed by atoms with van der Waals surface area (Å²) in [7, 11) is 5.95. The zero-order valence-corrected chi connectivity index (χ0v) is 10.2. The van der Waals surface area contributed by atoms with Crippen LogP contribution in [0.1, 0.15) is 12.5 Å². The Kier molecular flexibility index (Phi) is 4.30. The number of hydrogen-bond donors (Lipinski definition) is 0. The summed E-state index contributed by atoms with van der Waals surface area (Å²) in [4.78, 5) is 2.20. The number of hydrogen-bond acceptors (Lipinski definition) is 2. The molecular formula is C13H21NO. The molecule has 0 fully saturated rings. The fourth-order valence-corrected chi connectivity index (χ4v) is 2.08. The molecule has 0 spiro atoms. The van der Waals surface area contributed by atoms with E-state index in [1.807, 2.05) is 6.07 Å². The van der Waals surface area contributed by atoms with Crippen molar-refractivity contribution in [2.75, 3.05) is 34.4 Å². The third kappa shape index (κ3) is 3.33. The third-order valence-corrected chi connectivity index (χ3v) is 2.60. The second kappa shape index (κ2) is 5.29. The largest absolute Gasteiger partial charge is 0.384 e. The minimum atomic E-state index is 0.0690. The van der Waals surface area contributed by atoms with Crippen molar-refractivity contribution in [2.45, 2.75) is 12.3 Å². The molecule has 84 valence electrons. The van der Waals surface area contributed by atoms with Crippen molar-refractivity contribution in [2.24, 2.45) is 0 Å². The Morgan fingerprint density at radius 1 is 1.20 bits per heavy atom. The van der Waals surface area contributed by atoms with Gasteiger partial charge in [0, 0.05) is 19.1 Å². The number of ether oxygens (including phenoxy) is 1. The molecule has 0 bridgehead atoms. The van der Waals surface area contributed by atoms with Crippen LogP contribution in [0.4, 0.5) is 0 Å². The van der Waals surface area contributed by atoms with Crippen LogP contribution in [0.15, 0.2) is 30.3 Å². The van der Waals surface area contributed by atoms with E-state index < -0.39 is 0 Å². The van der Waals surface area contributed by atoms with Gasteiger partial charge in [-0.05, 0) is 19.7 Å². The van der Waals surface area contributed by atoms with Gasteiger partial charge in [0.2, 0.25) is 0 Å². The molecule has 1 unspecified atom stereocenters. The fourth-order valence-electron chi connectivity index (χ4n) is 2.08. The van der Waals surface area contributed by atoms with Gasteiger partial charge in [0.15, 0.2) is 0 Å². The summed E-state index contributed by atoms with van der Waals surface area (Å²) in [5.41, 5.74) is 1.40. The van der Waals surface area contributed by atoms with Crippen molar-refractivity contribution in [3.63, 3.8) is 0 Å². The predicted molar refractivity (Wildman–Crippen MR) is 64.2 cm³/mol. The summed E-state index contributed by atoms with van der Waals surface area (Å²) in [6.45, 7) is 3.98. The normalized spacial score (nSPS) is 15.3. The van der Waals surface area contributed by atoms with Gasteiger partial charge in [-0.25, -0.2) is 0 Å². The molecule has 0 saturated heterocycles. The van der Waals surface area contributed by atoms with E-state index in [1.165, 1.54) is 5.56 Å². The molecule has 1 rings (SSSR count). The molecule has 1 aromatic rings. The van der Waals surface area contributed by atoms with Gasteiger partial charge >= 0.3 is 0 Å². The smallest absolute Gasteiger partial charge is 0.0568 e. The maximum atomic E-state index is 5.34. The Balaban J connectivity index is 2.90. The van der Waals surface area contributed by atoms with Crippen molar-refractivity contribution < 1.29 is 4.74 Å². The number of nitrogens with zero attached hydrogens (tertiary/aromatic N) is 1. The standard InChI is InChI=1S/C13H21NO/c1-13(11-15-4,10-14(2)3)12-8-6-5-7-9-12/h5-9H,10-11H2,1-4H3. The first kappa shape index (κ1) is 12.2. The second-order valence-electron chi connectivity index (χ2n) is 4.60. The lowest BCUT2D eigenvalue weighted by atomic mass is 9.83. The highest BCUT2D eigenvalue weighted by atomic mass is 16.5. The molecule has 0 heterocycles. The first-order valence-corrected chi connectivity index (χ1v) is 5.28. The number of methoxy groups -OCH3 is 1. The summed E-state index contributed by atoms with van der Waals surface area (Å²) in [5, 5.41) is 0. The SMILES string of the molecule is COCC(C)(CN(C)C)c1ccccc1. The van der Waals surface area contributed by atoms with Crippen LogP contribution in [-0.4, -0.2) is 39.3 Å². The van der Waals surface area contributed by atoms with Crippen molar-refractivity contribution in [3.8, 4) is 0 Å². The summed E-state index contributed by atoms with van der Waals surface area (Å²) >= 11 is 0.